The van der Waals surface area contributed by atoms with Crippen molar-refractivity contribution in [3.8, 4) is 0 Å². The van der Waals surface area contributed by atoms with Crippen LogP contribution in [0.15, 0.2) is 6.07 Å². The molecular weight excluding hydrogens is 222 g/mol. The summed E-state index contributed by atoms with van der Waals surface area (Å²) in [5.74, 6) is -0.318. The van der Waals surface area contributed by atoms with Gasteiger partial charge in [0, 0.05) is 9.75 Å². The van der Waals surface area contributed by atoms with Gasteiger partial charge in [-0.2, -0.15) is 0 Å². The Morgan fingerprint density at radius 3 is 3.00 bits per heavy atom. The summed E-state index contributed by atoms with van der Waals surface area (Å²) in [6.45, 7) is 2.18. The Hall–Kier alpha value is -0.870. The normalized spacial score (nSPS) is 16.6. The molecule has 1 unspecified atom stereocenters. The predicted molar refractivity (Wildman–Crippen MR) is 64.5 cm³/mol. The van der Waals surface area contributed by atoms with Crippen molar-refractivity contribution in [2.75, 3.05) is 6.61 Å². The van der Waals surface area contributed by atoms with Gasteiger partial charge in [-0.1, -0.05) is 0 Å². The van der Waals surface area contributed by atoms with E-state index in [0.29, 0.717) is 6.61 Å². The largest absolute Gasteiger partial charge is 0.465 e. The molecule has 0 saturated heterocycles. The van der Waals surface area contributed by atoms with Crippen LogP contribution in [-0.2, 0) is 22.4 Å². The molecule has 0 radical (unpaired) electrons. The molecule has 2 rings (SSSR count). The summed E-state index contributed by atoms with van der Waals surface area (Å²) in [4.78, 5) is 13.9. The van der Waals surface area contributed by atoms with E-state index in [2.05, 4.69) is 6.07 Å². The van der Waals surface area contributed by atoms with E-state index in [1.54, 1.807) is 18.3 Å². The smallest absolute Gasteiger partial charge is 0.328 e. The molecule has 0 bridgehead atoms. The molecule has 0 fully saturated rings. The number of fused-ring (bicyclic) bond motifs is 1. The van der Waals surface area contributed by atoms with E-state index in [1.807, 2.05) is 0 Å². The van der Waals surface area contributed by atoms with Gasteiger partial charge in [0.25, 0.3) is 0 Å². The molecule has 0 saturated carbocycles. The highest BCUT2D eigenvalue weighted by molar-refractivity contribution is 7.12. The van der Waals surface area contributed by atoms with Crippen molar-refractivity contribution in [2.45, 2.75) is 38.6 Å². The van der Waals surface area contributed by atoms with Crippen LogP contribution in [0.2, 0.25) is 0 Å². The molecule has 0 spiro atoms. The molecule has 1 atom stereocenters. The van der Waals surface area contributed by atoms with Crippen molar-refractivity contribution < 1.29 is 9.53 Å². The highest BCUT2D eigenvalue weighted by Gasteiger charge is 2.22. The van der Waals surface area contributed by atoms with Crippen molar-refractivity contribution in [3.05, 3.63) is 21.4 Å². The third-order valence-corrected chi connectivity index (χ3v) is 4.18. The zero-order valence-electron chi connectivity index (χ0n) is 9.49. The van der Waals surface area contributed by atoms with Gasteiger partial charge in [-0.3, -0.25) is 0 Å². The summed E-state index contributed by atoms with van der Waals surface area (Å²) in [6, 6.07) is 1.48. The van der Waals surface area contributed by atoms with Gasteiger partial charge in [0.2, 0.25) is 0 Å². The number of carbonyl (C=O) groups is 1. The number of carbonyl (C=O) groups excluding carboxylic acids is 1. The fourth-order valence-electron chi connectivity index (χ4n) is 2.02. The maximum atomic E-state index is 11.5. The number of aryl methyl sites for hydroxylation is 2. The minimum absolute atomic E-state index is 0.318. The monoisotopic (exact) mass is 239 g/mol. The Labute approximate surface area is 99.6 Å². The highest BCUT2D eigenvalue weighted by Crippen LogP contribution is 2.32. The standard InChI is InChI=1S/C12H17NO2S/c1-2-15-12(14)11(13)10-7-8-5-3-4-6-9(8)16-10/h7,11H,2-6,13H2,1H3. The SMILES string of the molecule is CCOC(=O)C(N)c1cc2c(s1)CCCC2. The van der Waals surface area contributed by atoms with Crippen molar-refractivity contribution in [2.24, 2.45) is 5.73 Å². The summed E-state index contributed by atoms with van der Waals surface area (Å²) < 4.78 is 4.93. The quantitative estimate of drug-likeness (QED) is 0.823. The van der Waals surface area contributed by atoms with Gasteiger partial charge in [-0.25, -0.2) is 4.79 Å². The number of rotatable bonds is 3. The van der Waals surface area contributed by atoms with Crippen LogP contribution in [0.5, 0.6) is 0 Å². The predicted octanol–water partition coefficient (Wildman–Crippen LogP) is 2.19. The van der Waals surface area contributed by atoms with Gasteiger partial charge in [0.05, 0.1) is 6.61 Å². The third kappa shape index (κ3) is 2.28. The molecule has 1 aliphatic carbocycles. The van der Waals surface area contributed by atoms with Crippen LogP contribution < -0.4 is 5.73 Å². The van der Waals surface area contributed by atoms with Gasteiger partial charge in [0.1, 0.15) is 6.04 Å². The topological polar surface area (TPSA) is 52.3 Å². The molecule has 0 aliphatic heterocycles. The molecule has 1 aliphatic rings. The zero-order valence-corrected chi connectivity index (χ0v) is 10.3. The Morgan fingerprint density at radius 2 is 2.31 bits per heavy atom. The van der Waals surface area contributed by atoms with E-state index >= 15 is 0 Å². The number of thiophene rings is 1. The first-order valence-corrected chi connectivity index (χ1v) is 6.57. The van der Waals surface area contributed by atoms with E-state index in [1.165, 1.54) is 23.3 Å². The molecule has 16 heavy (non-hydrogen) atoms. The molecule has 1 aromatic heterocycles. The maximum absolute atomic E-state index is 11.5. The second kappa shape index (κ2) is 4.97. The fourth-order valence-corrected chi connectivity index (χ4v) is 3.26. The number of esters is 1. The van der Waals surface area contributed by atoms with Crippen LogP contribution in [0.4, 0.5) is 0 Å². The maximum Gasteiger partial charge on any atom is 0.328 e. The van der Waals surface area contributed by atoms with E-state index in [-0.39, 0.29) is 5.97 Å². The lowest BCUT2D eigenvalue weighted by atomic mass is 9.99. The van der Waals surface area contributed by atoms with Gasteiger partial charge in [0.15, 0.2) is 0 Å². The summed E-state index contributed by atoms with van der Waals surface area (Å²) in [5.41, 5.74) is 7.25. The fraction of sp³-hybridized carbons (Fsp3) is 0.583. The third-order valence-electron chi connectivity index (χ3n) is 2.86. The summed E-state index contributed by atoms with van der Waals surface area (Å²) in [7, 11) is 0. The molecule has 0 aromatic carbocycles. The van der Waals surface area contributed by atoms with Crippen LogP contribution in [0, 0.1) is 0 Å². The summed E-state index contributed by atoms with van der Waals surface area (Å²) in [5, 5.41) is 0. The number of hydrogen-bond acceptors (Lipinski definition) is 4. The Bertz CT molecular complexity index is 363. The first-order chi connectivity index (χ1) is 7.72. The average Bonchev–Trinajstić information content (AvgIpc) is 2.71. The number of nitrogens with two attached hydrogens (primary N) is 1. The van der Waals surface area contributed by atoms with Crippen molar-refractivity contribution in [1.82, 2.24) is 0 Å². The Morgan fingerprint density at radius 1 is 1.56 bits per heavy atom. The van der Waals surface area contributed by atoms with Crippen LogP contribution in [-0.4, -0.2) is 12.6 Å². The van der Waals surface area contributed by atoms with Crippen molar-refractivity contribution in [1.29, 1.82) is 0 Å². The van der Waals surface area contributed by atoms with Crippen LogP contribution in [0.25, 0.3) is 0 Å². The van der Waals surface area contributed by atoms with Crippen molar-refractivity contribution >= 4 is 17.3 Å². The minimum atomic E-state index is -0.601. The van der Waals surface area contributed by atoms with Crippen LogP contribution in [0.1, 0.15) is 41.1 Å². The molecule has 88 valence electrons. The van der Waals surface area contributed by atoms with Gasteiger partial charge < -0.3 is 10.5 Å². The summed E-state index contributed by atoms with van der Waals surface area (Å²) in [6.07, 6.45) is 4.76. The Balaban J connectivity index is 2.14. The lowest BCUT2D eigenvalue weighted by Crippen LogP contribution is -2.22. The van der Waals surface area contributed by atoms with Crippen molar-refractivity contribution in [3.63, 3.8) is 0 Å². The van der Waals surface area contributed by atoms with E-state index < -0.39 is 6.04 Å². The number of ether oxygens (including phenoxy) is 1. The molecule has 0 amide bonds. The molecule has 1 heterocycles. The zero-order chi connectivity index (χ0) is 11.5. The van der Waals surface area contributed by atoms with Gasteiger partial charge >= 0.3 is 5.97 Å². The van der Waals surface area contributed by atoms with Gasteiger partial charge in [-0.05, 0) is 44.2 Å². The van der Waals surface area contributed by atoms with Crippen LogP contribution >= 0.6 is 11.3 Å². The lowest BCUT2D eigenvalue weighted by Gasteiger charge is -2.08. The Kier molecular flexibility index (Phi) is 3.61. The highest BCUT2D eigenvalue weighted by atomic mass is 32.1. The minimum Gasteiger partial charge on any atom is -0.465 e. The van der Waals surface area contributed by atoms with E-state index in [9.17, 15) is 4.79 Å². The second-order valence-electron chi connectivity index (χ2n) is 4.03. The molecule has 2 N–H and O–H groups in total. The molecular formula is C12H17NO2S. The molecule has 1 aromatic rings. The lowest BCUT2D eigenvalue weighted by molar-refractivity contribution is -0.144. The van der Waals surface area contributed by atoms with Crippen LogP contribution in [0.3, 0.4) is 0 Å². The van der Waals surface area contributed by atoms with E-state index in [4.69, 9.17) is 10.5 Å². The summed E-state index contributed by atoms with van der Waals surface area (Å²) >= 11 is 1.67. The molecule has 3 nitrogen and oxygen atoms in total. The molecule has 4 heteroatoms. The first kappa shape index (κ1) is 11.6. The first-order valence-electron chi connectivity index (χ1n) is 5.76. The average molecular weight is 239 g/mol. The van der Waals surface area contributed by atoms with Gasteiger partial charge in [-0.15, -0.1) is 11.3 Å². The van der Waals surface area contributed by atoms with E-state index in [0.717, 1.165) is 17.7 Å². The number of hydrogen-bond donors (Lipinski definition) is 1. The second-order valence-corrected chi connectivity index (χ2v) is 5.20.